The predicted molar refractivity (Wildman–Crippen MR) is 89.9 cm³/mol. The molecule has 1 atom stereocenters. The number of carbonyl (C=O) groups is 1. The number of sulfonamides is 1. The minimum absolute atomic E-state index is 0.0184. The van der Waals surface area contributed by atoms with Crippen molar-refractivity contribution in [3.05, 3.63) is 24.0 Å². The fourth-order valence-corrected chi connectivity index (χ4v) is 3.30. The van der Waals surface area contributed by atoms with Crippen LogP contribution in [0.3, 0.4) is 0 Å². The Morgan fingerprint density at radius 1 is 1.32 bits per heavy atom. The molecule has 0 bridgehead atoms. The molecule has 1 aromatic carbocycles. The summed E-state index contributed by atoms with van der Waals surface area (Å²) in [5, 5.41) is 0. The van der Waals surface area contributed by atoms with Crippen molar-refractivity contribution in [2.75, 3.05) is 55.4 Å². The number of benzene rings is 1. The molecule has 2 saturated heterocycles. The van der Waals surface area contributed by atoms with E-state index in [-0.39, 0.29) is 13.1 Å². The van der Waals surface area contributed by atoms with E-state index in [1.165, 1.54) is 11.0 Å². The third kappa shape index (κ3) is 4.39. The number of rotatable bonds is 5. The summed E-state index contributed by atoms with van der Waals surface area (Å²) in [5.74, 6) is -0.426. The lowest BCUT2D eigenvalue weighted by Gasteiger charge is -2.29. The lowest BCUT2D eigenvalue weighted by Crippen LogP contribution is -2.36. The highest BCUT2D eigenvalue weighted by atomic mass is 32.2. The first-order chi connectivity index (χ1) is 11.8. The summed E-state index contributed by atoms with van der Waals surface area (Å²) >= 11 is 0. The Kier molecular flexibility index (Phi) is 5.11. The molecule has 0 saturated carbocycles. The van der Waals surface area contributed by atoms with Gasteiger partial charge in [0.1, 0.15) is 11.9 Å². The molecule has 8 nitrogen and oxygen atoms in total. The van der Waals surface area contributed by atoms with Crippen LogP contribution in [0.25, 0.3) is 0 Å². The number of nitrogens with one attached hydrogen (secondary N) is 1. The molecular formula is C15H20FN3O5S. The van der Waals surface area contributed by atoms with Crippen LogP contribution >= 0.6 is 0 Å². The summed E-state index contributed by atoms with van der Waals surface area (Å²) < 4.78 is 49.4. The second-order valence-corrected chi connectivity index (χ2v) is 7.81. The zero-order chi connectivity index (χ0) is 18.0. The summed E-state index contributed by atoms with van der Waals surface area (Å²) in [7, 11) is -3.37. The molecule has 0 radical (unpaired) electrons. The van der Waals surface area contributed by atoms with Crippen molar-refractivity contribution >= 4 is 27.5 Å². The van der Waals surface area contributed by atoms with Crippen molar-refractivity contribution in [2.24, 2.45) is 0 Å². The maximum Gasteiger partial charge on any atom is 0.414 e. The minimum atomic E-state index is -3.37. The fraction of sp³-hybridized carbons (Fsp3) is 0.533. The van der Waals surface area contributed by atoms with E-state index in [1.807, 2.05) is 4.90 Å². The molecule has 0 spiro atoms. The summed E-state index contributed by atoms with van der Waals surface area (Å²) in [5.41, 5.74) is 0.844. The molecular weight excluding hydrogens is 353 g/mol. The number of hydrogen-bond acceptors (Lipinski definition) is 6. The molecule has 2 aliphatic rings. The van der Waals surface area contributed by atoms with Crippen LogP contribution in [0, 0.1) is 5.82 Å². The number of amides is 1. The number of hydrogen-bond donors (Lipinski definition) is 1. The topological polar surface area (TPSA) is 88.2 Å². The normalized spacial score (nSPS) is 21.5. The predicted octanol–water partition coefficient (Wildman–Crippen LogP) is 0.537. The summed E-state index contributed by atoms with van der Waals surface area (Å²) in [6.45, 7) is 2.46. The Labute approximate surface area is 145 Å². The van der Waals surface area contributed by atoms with Crippen LogP contribution in [0.2, 0.25) is 0 Å². The molecule has 0 aliphatic carbocycles. The molecule has 2 fully saturated rings. The molecule has 1 aromatic rings. The first-order valence-corrected chi connectivity index (χ1v) is 9.77. The van der Waals surface area contributed by atoms with Gasteiger partial charge in [-0.2, -0.15) is 0 Å². The minimum Gasteiger partial charge on any atom is -0.443 e. The van der Waals surface area contributed by atoms with Gasteiger partial charge in [-0.15, -0.1) is 0 Å². The second-order valence-electron chi connectivity index (χ2n) is 5.97. The fourth-order valence-electron chi connectivity index (χ4n) is 2.81. The van der Waals surface area contributed by atoms with Gasteiger partial charge in [0.2, 0.25) is 10.0 Å². The van der Waals surface area contributed by atoms with Gasteiger partial charge in [0.15, 0.2) is 0 Å². The number of anilines is 2. The van der Waals surface area contributed by atoms with E-state index >= 15 is 0 Å². The van der Waals surface area contributed by atoms with Crippen molar-refractivity contribution in [1.82, 2.24) is 4.72 Å². The van der Waals surface area contributed by atoms with E-state index < -0.39 is 28.0 Å². The molecule has 2 heterocycles. The smallest absolute Gasteiger partial charge is 0.414 e. The lowest BCUT2D eigenvalue weighted by atomic mass is 10.2. The van der Waals surface area contributed by atoms with Crippen molar-refractivity contribution in [2.45, 2.75) is 6.10 Å². The Morgan fingerprint density at radius 3 is 2.68 bits per heavy atom. The van der Waals surface area contributed by atoms with Crippen LogP contribution in [-0.4, -0.2) is 66.3 Å². The van der Waals surface area contributed by atoms with Gasteiger partial charge in [-0.1, -0.05) is 0 Å². The quantitative estimate of drug-likeness (QED) is 0.810. The zero-order valence-corrected chi connectivity index (χ0v) is 14.6. The first-order valence-electron chi connectivity index (χ1n) is 7.88. The third-order valence-corrected chi connectivity index (χ3v) is 4.73. The van der Waals surface area contributed by atoms with Crippen LogP contribution < -0.4 is 14.5 Å². The molecule has 0 unspecified atom stereocenters. The monoisotopic (exact) mass is 373 g/mol. The van der Waals surface area contributed by atoms with E-state index in [2.05, 4.69) is 4.72 Å². The van der Waals surface area contributed by atoms with Gasteiger partial charge in [0, 0.05) is 19.6 Å². The number of ether oxygens (including phenoxy) is 2. The highest BCUT2D eigenvalue weighted by molar-refractivity contribution is 7.88. The Balaban J connectivity index is 1.69. The Bertz CT molecular complexity index is 752. The molecule has 2 aliphatic heterocycles. The average molecular weight is 373 g/mol. The number of nitrogens with zero attached hydrogens (tertiary/aromatic N) is 2. The van der Waals surface area contributed by atoms with Crippen molar-refractivity contribution < 1.29 is 27.1 Å². The van der Waals surface area contributed by atoms with E-state index in [9.17, 15) is 17.6 Å². The maximum atomic E-state index is 14.5. The number of halogens is 1. The first kappa shape index (κ1) is 17.9. The van der Waals surface area contributed by atoms with E-state index in [1.54, 1.807) is 12.1 Å². The number of carbonyl (C=O) groups excluding carboxylic acids is 1. The van der Waals surface area contributed by atoms with Crippen LogP contribution in [-0.2, 0) is 19.5 Å². The summed E-state index contributed by atoms with van der Waals surface area (Å²) in [4.78, 5) is 15.2. The van der Waals surface area contributed by atoms with Crippen LogP contribution in [0.15, 0.2) is 18.2 Å². The average Bonchev–Trinajstić information content (AvgIpc) is 2.94. The van der Waals surface area contributed by atoms with Gasteiger partial charge in [-0.3, -0.25) is 4.90 Å². The maximum absolute atomic E-state index is 14.5. The van der Waals surface area contributed by atoms with Gasteiger partial charge < -0.3 is 14.4 Å². The Hall–Kier alpha value is -1.91. The largest absolute Gasteiger partial charge is 0.443 e. The van der Waals surface area contributed by atoms with Crippen molar-refractivity contribution in [3.8, 4) is 0 Å². The van der Waals surface area contributed by atoms with Gasteiger partial charge in [-0.25, -0.2) is 22.3 Å². The van der Waals surface area contributed by atoms with Crippen molar-refractivity contribution in [1.29, 1.82) is 0 Å². The summed E-state index contributed by atoms with van der Waals surface area (Å²) in [6.07, 6.45) is -0.218. The molecule has 138 valence electrons. The third-order valence-electron chi connectivity index (χ3n) is 4.04. The van der Waals surface area contributed by atoms with E-state index in [4.69, 9.17) is 9.47 Å². The zero-order valence-electron chi connectivity index (χ0n) is 13.8. The van der Waals surface area contributed by atoms with Gasteiger partial charge in [-0.05, 0) is 18.2 Å². The van der Waals surface area contributed by atoms with Crippen LogP contribution in [0.5, 0.6) is 0 Å². The van der Waals surface area contributed by atoms with E-state index in [0.29, 0.717) is 37.7 Å². The van der Waals surface area contributed by atoms with Gasteiger partial charge in [0.25, 0.3) is 0 Å². The lowest BCUT2D eigenvalue weighted by molar-refractivity contribution is 0.122. The highest BCUT2D eigenvalue weighted by Gasteiger charge is 2.33. The van der Waals surface area contributed by atoms with Crippen LogP contribution in [0.4, 0.5) is 20.6 Å². The molecule has 25 heavy (non-hydrogen) atoms. The number of cyclic esters (lactones) is 1. The molecule has 3 rings (SSSR count). The SMILES string of the molecule is CS(=O)(=O)NC[C@H]1CN(c2ccc(N3CCOCC3)c(F)c2)C(=O)O1. The second kappa shape index (κ2) is 7.14. The molecule has 0 aromatic heterocycles. The van der Waals surface area contributed by atoms with Gasteiger partial charge in [0.05, 0.1) is 37.4 Å². The molecule has 1 amide bonds. The van der Waals surface area contributed by atoms with Crippen LogP contribution in [0.1, 0.15) is 0 Å². The highest BCUT2D eigenvalue weighted by Crippen LogP contribution is 2.28. The van der Waals surface area contributed by atoms with Crippen molar-refractivity contribution in [3.63, 3.8) is 0 Å². The Morgan fingerprint density at radius 2 is 2.04 bits per heavy atom. The summed E-state index contributed by atoms with van der Waals surface area (Å²) in [6, 6.07) is 4.57. The molecule has 1 N–H and O–H groups in total. The standard InChI is InChI=1S/C15H20FN3O5S/c1-25(21,22)17-9-12-10-19(15(20)24-12)11-2-3-14(13(16)8-11)18-4-6-23-7-5-18/h2-3,8,12,17H,4-7,9-10H2,1H3/t12-/m0/s1. The van der Waals surface area contributed by atoms with E-state index in [0.717, 1.165) is 6.26 Å². The van der Waals surface area contributed by atoms with Gasteiger partial charge >= 0.3 is 6.09 Å². The number of morpholine rings is 1. The molecule has 10 heteroatoms.